The van der Waals surface area contributed by atoms with Gasteiger partial charge in [0.15, 0.2) is 0 Å². The number of rotatable bonds is 4. The van der Waals surface area contributed by atoms with Gasteiger partial charge in [0.1, 0.15) is 12.3 Å². The van der Waals surface area contributed by atoms with Crippen LogP contribution in [-0.4, -0.2) is 15.4 Å². The van der Waals surface area contributed by atoms with Crippen LogP contribution in [-0.2, 0) is 22.3 Å². The van der Waals surface area contributed by atoms with Crippen LogP contribution in [0, 0.1) is 0 Å². The maximum Gasteiger partial charge on any atom is 0.416 e. The molecule has 0 spiro atoms. The van der Waals surface area contributed by atoms with Crippen molar-refractivity contribution in [2.45, 2.75) is 12.8 Å². The Bertz CT molecular complexity index is 1120. The molecule has 0 amide bonds. The van der Waals surface area contributed by atoms with Gasteiger partial charge in [0.05, 0.1) is 16.3 Å². The van der Waals surface area contributed by atoms with E-state index in [4.69, 9.17) is 16.3 Å². The van der Waals surface area contributed by atoms with Gasteiger partial charge in [-0.25, -0.2) is 9.78 Å². The molecule has 28 heavy (non-hydrogen) atoms. The average molecular weight is 409 g/mol. The van der Waals surface area contributed by atoms with Crippen molar-refractivity contribution >= 4 is 29.3 Å². The molecule has 0 unspecified atom stereocenters. The van der Waals surface area contributed by atoms with Crippen LogP contribution >= 0.6 is 11.6 Å². The summed E-state index contributed by atoms with van der Waals surface area (Å²) in [5.41, 5.74) is -0.441. The van der Waals surface area contributed by atoms with Crippen LogP contribution in [0.5, 0.6) is 0 Å². The van der Waals surface area contributed by atoms with E-state index >= 15 is 0 Å². The fraction of sp³-hybridized carbons (Fsp3) is 0.105. The summed E-state index contributed by atoms with van der Waals surface area (Å²) in [6, 6.07) is 8.84. The number of pyridine rings is 1. The molecule has 0 aliphatic rings. The Hall–Kier alpha value is -3.13. The minimum atomic E-state index is -4.47. The third kappa shape index (κ3) is 4.77. The lowest BCUT2D eigenvalue weighted by atomic mass is 10.1. The highest BCUT2D eigenvalue weighted by atomic mass is 35.5. The second kappa shape index (κ2) is 7.85. The van der Waals surface area contributed by atoms with Crippen molar-refractivity contribution in [3.63, 3.8) is 0 Å². The lowest BCUT2D eigenvalue weighted by Gasteiger charge is -2.06. The van der Waals surface area contributed by atoms with Gasteiger partial charge < -0.3 is 4.74 Å². The van der Waals surface area contributed by atoms with Crippen LogP contribution in [0.25, 0.3) is 11.7 Å². The molecule has 0 saturated carbocycles. The molecule has 5 nitrogen and oxygen atoms in total. The topological polar surface area (TPSA) is 60.7 Å². The molecule has 144 valence electrons. The van der Waals surface area contributed by atoms with Crippen LogP contribution in [0.2, 0.25) is 5.02 Å². The van der Waals surface area contributed by atoms with Crippen LogP contribution in [0.4, 0.5) is 13.2 Å². The monoisotopic (exact) mass is 408 g/mol. The molecule has 2 heterocycles. The van der Waals surface area contributed by atoms with Crippen molar-refractivity contribution < 1.29 is 22.7 Å². The summed E-state index contributed by atoms with van der Waals surface area (Å²) in [7, 11) is 0. The number of aromatic nitrogens is 2. The minimum Gasteiger partial charge on any atom is -0.456 e. The quantitative estimate of drug-likeness (QED) is 0.481. The molecule has 3 rings (SSSR count). The van der Waals surface area contributed by atoms with Gasteiger partial charge in [-0.05, 0) is 35.9 Å². The maximum absolute atomic E-state index is 12.7. The van der Waals surface area contributed by atoms with Gasteiger partial charge in [-0.3, -0.25) is 9.20 Å². The van der Waals surface area contributed by atoms with Crippen molar-refractivity contribution in [2.24, 2.45) is 0 Å². The summed E-state index contributed by atoms with van der Waals surface area (Å²) in [6.45, 7) is -0.264. The third-order valence-electron chi connectivity index (χ3n) is 3.66. The summed E-state index contributed by atoms with van der Waals surface area (Å²) in [4.78, 5) is 28.0. The Kier molecular flexibility index (Phi) is 5.51. The lowest BCUT2D eigenvalue weighted by molar-refractivity contribution is -0.139. The van der Waals surface area contributed by atoms with Gasteiger partial charge >= 0.3 is 12.1 Å². The van der Waals surface area contributed by atoms with Crippen molar-refractivity contribution in [3.05, 3.63) is 86.9 Å². The molecule has 3 aromatic rings. The summed E-state index contributed by atoms with van der Waals surface area (Å²) in [5, 5.41) is 0.371. The summed E-state index contributed by atoms with van der Waals surface area (Å²) >= 11 is 5.83. The van der Waals surface area contributed by atoms with E-state index in [9.17, 15) is 22.8 Å². The van der Waals surface area contributed by atoms with E-state index in [2.05, 4.69) is 4.98 Å². The van der Waals surface area contributed by atoms with Crippen molar-refractivity contribution in [1.29, 1.82) is 0 Å². The summed E-state index contributed by atoms with van der Waals surface area (Å²) in [6.07, 6.45) is -0.838. The van der Waals surface area contributed by atoms with Crippen LogP contribution in [0.3, 0.4) is 0 Å². The van der Waals surface area contributed by atoms with Gasteiger partial charge in [-0.1, -0.05) is 23.7 Å². The van der Waals surface area contributed by atoms with Crippen LogP contribution in [0.15, 0.2) is 59.5 Å². The van der Waals surface area contributed by atoms with Crippen molar-refractivity contribution in [3.8, 4) is 0 Å². The van der Waals surface area contributed by atoms with E-state index in [1.165, 1.54) is 34.9 Å². The normalized spacial score (nSPS) is 11.9. The zero-order valence-corrected chi connectivity index (χ0v) is 14.9. The molecule has 0 saturated heterocycles. The SMILES string of the molecule is O=C(/C=C/c1cccc(C(F)(F)F)c1)OCc1cc(=O)n2cc(Cl)ccc2n1. The predicted molar refractivity (Wildman–Crippen MR) is 96.7 cm³/mol. The molecule has 0 aliphatic carbocycles. The fourth-order valence-electron chi connectivity index (χ4n) is 2.38. The van der Waals surface area contributed by atoms with E-state index < -0.39 is 23.3 Å². The van der Waals surface area contributed by atoms with Gasteiger partial charge in [0, 0.05) is 18.3 Å². The van der Waals surface area contributed by atoms with Crippen LogP contribution < -0.4 is 5.56 Å². The largest absolute Gasteiger partial charge is 0.456 e. The van der Waals surface area contributed by atoms with Crippen molar-refractivity contribution in [2.75, 3.05) is 0 Å². The number of hydrogen-bond donors (Lipinski definition) is 0. The number of halogens is 4. The Morgan fingerprint density at radius 3 is 2.75 bits per heavy atom. The van der Waals surface area contributed by atoms with Gasteiger partial charge in [-0.15, -0.1) is 0 Å². The molecule has 0 N–H and O–H groups in total. The first-order chi connectivity index (χ1) is 13.2. The second-order valence-corrected chi connectivity index (χ2v) is 6.16. The van der Waals surface area contributed by atoms with E-state index in [-0.39, 0.29) is 17.9 Å². The number of fused-ring (bicyclic) bond motifs is 1. The third-order valence-corrected chi connectivity index (χ3v) is 3.89. The number of benzene rings is 1. The lowest BCUT2D eigenvalue weighted by Crippen LogP contribution is -2.16. The number of alkyl halides is 3. The molecule has 0 aliphatic heterocycles. The standard InChI is InChI=1S/C19H12ClF3N2O3/c20-14-5-6-16-24-15(9-17(26)25(16)10-14)11-28-18(27)7-4-12-2-1-3-13(8-12)19(21,22)23/h1-10H,11H2/b7-4+. The number of esters is 1. The Labute approximate surface area is 161 Å². The number of ether oxygens (including phenoxy) is 1. The fourth-order valence-corrected chi connectivity index (χ4v) is 2.54. The molecule has 0 fully saturated rings. The molecule has 0 bridgehead atoms. The van der Waals surface area contributed by atoms with E-state index in [1.54, 1.807) is 12.1 Å². The molecule has 2 aromatic heterocycles. The number of carbonyl (C=O) groups is 1. The van der Waals surface area contributed by atoms with Gasteiger partial charge in [0.2, 0.25) is 0 Å². The summed E-state index contributed by atoms with van der Waals surface area (Å²) in [5.74, 6) is -0.782. The average Bonchev–Trinajstić information content (AvgIpc) is 2.65. The summed E-state index contributed by atoms with van der Waals surface area (Å²) < 4.78 is 44.3. The highest BCUT2D eigenvalue weighted by molar-refractivity contribution is 6.30. The van der Waals surface area contributed by atoms with E-state index in [1.807, 2.05) is 0 Å². The molecule has 0 radical (unpaired) electrons. The Morgan fingerprint density at radius 2 is 2.00 bits per heavy atom. The molecule has 9 heteroatoms. The molecule has 1 aromatic carbocycles. The zero-order valence-electron chi connectivity index (χ0n) is 14.1. The predicted octanol–water partition coefficient (Wildman–Crippen LogP) is 4.12. The number of hydrogen-bond acceptors (Lipinski definition) is 4. The van der Waals surface area contributed by atoms with Gasteiger partial charge in [0.25, 0.3) is 5.56 Å². The Morgan fingerprint density at radius 1 is 1.21 bits per heavy atom. The minimum absolute atomic E-state index is 0.200. The zero-order chi connectivity index (χ0) is 20.3. The second-order valence-electron chi connectivity index (χ2n) is 5.73. The first-order valence-corrected chi connectivity index (χ1v) is 8.30. The number of carbonyl (C=O) groups excluding carboxylic acids is 1. The number of nitrogens with zero attached hydrogens (tertiary/aromatic N) is 2. The molecular weight excluding hydrogens is 397 g/mol. The van der Waals surface area contributed by atoms with Gasteiger partial charge in [-0.2, -0.15) is 13.2 Å². The highest BCUT2D eigenvalue weighted by Gasteiger charge is 2.30. The smallest absolute Gasteiger partial charge is 0.416 e. The van der Waals surface area contributed by atoms with E-state index in [0.717, 1.165) is 18.2 Å². The Balaban J connectivity index is 1.68. The molecule has 0 atom stereocenters. The first-order valence-electron chi connectivity index (χ1n) is 7.92. The highest BCUT2D eigenvalue weighted by Crippen LogP contribution is 2.29. The molecular formula is C19H12ClF3N2O3. The van der Waals surface area contributed by atoms with E-state index in [0.29, 0.717) is 10.7 Å². The van der Waals surface area contributed by atoms with Crippen molar-refractivity contribution in [1.82, 2.24) is 9.38 Å². The maximum atomic E-state index is 12.7. The van der Waals surface area contributed by atoms with Crippen LogP contribution in [0.1, 0.15) is 16.8 Å². The first kappa shape index (κ1) is 19.6.